The summed E-state index contributed by atoms with van der Waals surface area (Å²) in [5.41, 5.74) is -2.81. The topological polar surface area (TPSA) is 124 Å². The number of nitrogens with zero attached hydrogens (tertiary/aromatic N) is 1. The second-order valence-corrected chi connectivity index (χ2v) is 30.4. The smallest absolute Gasteiger partial charge is 0.312 e. The number of ketones is 4. The molecule has 0 aromatic carbocycles. The maximum absolute atomic E-state index is 15.2. The molecule has 0 N–H and O–H groups in total. The van der Waals surface area contributed by atoms with Crippen LogP contribution in [0.3, 0.4) is 0 Å². The first kappa shape index (κ1) is 53.3. The molecule has 10 aliphatic rings. The van der Waals surface area contributed by atoms with E-state index in [1.54, 1.807) is 4.90 Å². The first-order chi connectivity index (χ1) is 34.1. The van der Waals surface area contributed by atoms with Crippen LogP contribution in [0.4, 0.5) is 0 Å². The number of rotatable bonds is 3. The molecule has 9 nitrogen and oxygen atoms in total. The van der Waals surface area contributed by atoms with E-state index in [0.29, 0.717) is 24.1 Å². The van der Waals surface area contributed by atoms with Gasteiger partial charge in [0.25, 0.3) is 0 Å². The van der Waals surface area contributed by atoms with E-state index in [9.17, 15) is 19.2 Å². The highest BCUT2D eigenvalue weighted by molar-refractivity contribution is 6.06. The summed E-state index contributed by atoms with van der Waals surface area (Å²) in [7, 11) is 4.81. The minimum absolute atomic E-state index is 0.00440. The molecule has 0 bridgehead atoms. The molecule has 6 fully saturated rings. The lowest BCUT2D eigenvalue weighted by molar-refractivity contribution is -0.192. The van der Waals surface area contributed by atoms with Gasteiger partial charge in [0.2, 0.25) is 0 Å². The van der Waals surface area contributed by atoms with Gasteiger partial charge in [0.15, 0.2) is 23.1 Å². The average molecular weight is 1010 g/mol. The van der Waals surface area contributed by atoms with Crippen molar-refractivity contribution in [3.8, 4) is 12.0 Å². The Balaban J connectivity index is 1.03. The minimum Gasteiger partial charge on any atom is -0.469 e. The Hall–Kier alpha value is -4.06. The summed E-state index contributed by atoms with van der Waals surface area (Å²) >= 11 is 0. The summed E-state index contributed by atoms with van der Waals surface area (Å²) < 4.78 is 11.1. The molecule has 74 heavy (non-hydrogen) atoms. The number of esters is 2. The Kier molecular flexibility index (Phi) is 11.5. The molecule has 0 saturated heterocycles. The number of hydrogen-bond donors (Lipinski definition) is 0. The van der Waals surface area contributed by atoms with E-state index in [1.165, 1.54) is 14.2 Å². The first-order valence-electron chi connectivity index (χ1n) is 28.6. The van der Waals surface area contributed by atoms with Gasteiger partial charge < -0.3 is 14.4 Å². The zero-order valence-electron chi connectivity index (χ0n) is 48.4. The summed E-state index contributed by atoms with van der Waals surface area (Å²) in [6.45, 7) is 31.1. The molecule has 10 rings (SSSR count). The lowest BCUT2D eigenvalue weighted by Crippen LogP contribution is -2.66. The highest BCUT2D eigenvalue weighted by Crippen LogP contribution is 2.77. The third-order valence-corrected chi connectivity index (χ3v) is 25.4. The maximum Gasteiger partial charge on any atom is 0.312 e. The van der Waals surface area contributed by atoms with Crippen molar-refractivity contribution in [1.29, 1.82) is 0 Å². The van der Waals surface area contributed by atoms with Gasteiger partial charge >= 0.3 is 11.9 Å². The van der Waals surface area contributed by atoms with Crippen LogP contribution >= 0.6 is 0 Å². The van der Waals surface area contributed by atoms with Crippen molar-refractivity contribution in [2.24, 2.45) is 100 Å². The van der Waals surface area contributed by atoms with Gasteiger partial charge in [-0.25, -0.2) is 0 Å². The van der Waals surface area contributed by atoms with Crippen molar-refractivity contribution < 1.29 is 38.2 Å². The number of allylic oxidation sites excluding steroid dienone is 8. The molecule has 14 atom stereocenters. The van der Waals surface area contributed by atoms with Crippen LogP contribution in [0, 0.1) is 112 Å². The normalized spacial score (nSPS) is 45.9. The number of likely N-dealkylation sites (N-methyl/N-ethyl adjacent to an activating group) is 1. The first-order valence-corrected chi connectivity index (χ1v) is 28.6. The van der Waals surface area contributed by atoms with Gasteiger partial charge in [-0.3, -0.25) is 28.8 Å². The van der Waals surface area contributed by atoms with E-state index in [1.807, 2.05) is 33.0 Å². The van der Waals surface area contributed by atoms with Crippen molar-refractivity contribution in [2.45, 2.75) is 187 Å². The van der Waals surface area contributed by atoms with Crippen LogP contribution < -0.4 is 0 Å². The standard InChI is InChI=1S/C65H89NO8/c1-54(2)23-27-64(52(71)73-16)29-25-62(13)48(39(64)35-54)42(67)32-46-58(9)34-38(50(69)56(5,6)44(58)18-21-60(46,62)11)20-31-66(15)41-37-59(10)45(57(7,8)51(41)70)19-22-61(12)47(59)33-43(68)49-40-36-55(3,4)24-28-65(40,53(72)74-17)30-26-63(49,61)14/h32-34,37,39-40,44-45,48-49H,18-19,21-30,35-36H2,1-17H3. The monoisotopic (exact) mass is 1010 g/mol. The molecule has 10 aliphatic carbocycles. The van der Waals surface area contributed by atoms with Crippen LogP contribution in [0.1, 0.15) is 187 Å². The average Bonchev–Trinajstić information content (AvgIpc) is 3.31. The lowest BCUT2D eigenvalue weighted by atomic mass is 9.34. The van der Waals surface area contributed by atoms with E-state index in [0.717, 1.165) is 88.2 Å². The van der Waals surface area contributed by atoms with Gasteiger partial charge in [-0.2, -0.15) is 0 Å². The Morgan fingerprint density at radius 3 is 1.35 bits per heavy atom. The SMILES string of the molecule is COC(=O)C12CCC(C)(C)CC1C1C(=O)C=C3C4(C)C=C(C#CN(C)C5=CC6(C)C7=CC(=O)C8C9CC(C)(C)CCC9(C(=O)OC)CCC8(C)C7(C)CCC6C(C)(C)C5=O)C(=O)C(C)(C)C4CCC3(C)C1(C)CC2. The fourth-order valence-corrected chi connectivity index (χ4v) is 20.7. The van der Waals surface area contributed by atoms with Crippen molar-refractivity contribution in [1.82, 2.24) is 4.90 Å². The molecule has 0 amide bonds. The van der Waals surface area contributed by atoms with E-state index in [-0.39, 0.29) is 92.2 Å². The third kappa shape index (κ3) is 6.59. The van der Waals surface area contributed by atoms with Crippen LogP contribution in [0.15, 0.2) is 46.7 Å². The molecule has 0 heterocycles. The van der Waals surface area contributed by atoms with Gasteiger partial charge in [0, 0.05) is 46.6 Å². The molecule has 6 saturated carbocycles. The van der Waals surface area contributed by atoms with E-state index in [2.05, 4.69) is 107 Å². The van der Waals surface area contributed by atoms with Gasteiger partial charge in [0.05, 0.1) is 36.3 Å². The highest BCUT2D eigenvalue weighted by atomic mass is 16.5. The number of ether oxygens (including phenoxy) is 2. The number of hydrogen-bond acceptors (Lipinski definition) is 9. The molecule has 0 spiro atoms. The highest BCUT2D eigenvalue weighted by Gasteiger charge is 2.73. The summed E-state index contributed by atoms with van der Waals surface area (Å²) in [6, 6.07) is 3.33. The zero-order chi connectivity index (χ0) is 54.4. The van der Waals surface area contributed by atoms with Gasteiger partial charge in [-0.1, -0.05) is 114 Å². The predicted octanol–water partition coefficient (Wildman–Crippen LogP) is 12.6. The number of carbonyl (C=O) groups is 6. The molecule has 0 aromatic rings. The molecule has 14 unspecified atom stereocenters. The summed E-state index contributed by atoms with van der Waals surface area (Å²) in [4.78, 5) is 89.7. The summed E-state index contributed by atoms with van der Waals surface area (Å²) in [6.07, 6.45) is 19.2. The molecule has 0 aromatic heterocycles. The number of carbonyl (C=O) groups excluding carboxylic acids is 6. The number of Topliss-reactive ketones (excluding diaryl/α,β-unsaturated/α-hetero) is 2. The van der Waals surface area contributed by atoms with Crippen LogP contribution in [-0.4, -0.2) is 61.2 Å². The second-order valence-electron chi connectivity index (χ2n) is 30.4. The molecule has 0 radical (unpaired) electrons. The maximum atomic E-state index is 15.2. The van der Waals surface area contributed by atoms with Gasteiger partial charge in [-0.15, -0.1) is 0 Å². The second kappa shape index (κ2) is 16.0. The van der Waals surface area contributed by atoms with Crippen LogP contribution in [0.2, 0.25) is 0 Å². The van der Waals surface area contributed by atoms with Crippen molar-refractivity contribution in [2.75, 3.05) is 21.3 Å². The van der Waals surface area contributed by atoms with Crippen molar-refractivity contribution >= 4 is 35.1 Å². The predicted molar refractivity (Wildman–Crippen MR) is 286 cm³/mol. The number of methoxy groups -OCH3 is 2. The largest absolute Gasteiger partial charge is 0.469 e. The Morgan fingerprint density at radius 1 is 0.541 bits per heavy atom. The van der Waals surface area contributed by atoms with Crippen LogP contribution in [0.5, 0.6) is 0 Å². The Morgan fingerprint density at radius 2 is 0.932 bits per heavy atom. The minimum atomic E-state index is -0.790. The molecular weight excluding hydrogens is 923 g/mol. The van der Waals surface area contributed by atoms with Crippen LogP contribution in [0.25, 0.3) is 0 Å². The summed E-state index contributed by atoms with van der Waals surface area (Å²) in [5, 5.41) is 0. The Labute approximate surface area is 443 Å². The third-order valence-electron chi connectivity index (χ3n) is 25.4. The lowest BCUT2D eigenvalue weighted by Gasteiger charge is -2.68. The van der Waals surface area contributed by atoms with E-state index >= 15 is 9.59 Å². The van der Waals surface area contributed by atoms with Gasteiger partial charge in [0.1, 0.15) is 0 Å². The fourth-order valence-electron chi connectivity index (χ4n) is 20.7. The van der Waals surface area contributed by atoms with Crippen molar-refractivity contribution in [3.63, 3.8) is 0 Å². The Bertz CT molecular complexity index is 2770. The zero-order valence-corrected chi connectivity index (χ0v) is 48.4. The fraction of sp³-hybridized carbons (Fsp3) is 0.754. The molecule has 0 aliphatic heterocycles. The number of fused-ring (bicyclic) bond motifs is 14. The van der Waals surface area contributed by atoms with Crippen LogP contribution in [-0.2, 0) is 38.2 Å². The van der Waals surface area contributed by atoms with E-state index < -0.39 is 43.3 Å². The quantitative estimate of drug-likeness (QED) is 0.154. The molecule has 402 valence electrons. The summed E-state index contributed by atoms with van der Waals surface area (Å²) in [5.74, 6) is 2.17. The molecular formula is C65H89NO8. The van der Waals surface area contributed by atoms with E-state index in [4.69, 9.17) is 9.47 Å². The molecule has 9 heteroatoms. The van der Waals surface area contributed by atoms with Crippen molar-refractivity contribution in [3.05, 3.63) is 46.7 Å². The van der Waals surface area contributed by atoms with Gasteiger partial charge in [-0.05, 0) is 170 Å².